The molecule has 4 heteroatoms. The molecule has 18 heavy (non-hydrogen) atoms. The Kier molecular flexibility index (Phi) is 3.66. The Labute approximate surface area is 106 Å². The number of aliphatic hydroxyl groups is 1. The predicted molar refractivity (Wildman–Crippen MR) is 66.6 cm³/mol. The second-order valence-electron chi connectivity index (χ2n) is 4.85. The SMILES string of the molecule is CCC(CO)NC(=O)C1(c2ccc(F)cc2)CC1. The quantitative estimate of drug-likeness (QED) is 0.837. The third kappa shape index (κ3) is 2.38. The van der Waals surface area contributed by atoms with Crippen LogP contribution in [0.15, 0.2) is 24.3 Å². The normalized spacial score (nSPS) is 18.2. The summed E-state index contributed by atoms with van der Waals surface area (Å²) in [6.07, 6.45) is 2.26. The van der Waals surface area contributed by atoms with Crippen LogP contribution < -0.4 is 5.32 Å². The van der Waals surface area contributed by atoms with Gasteiger partial charge in [0.15, 0.2) is 0 Å². The molecular formula is C14H18FNO2. The van der Waals surface area contributed by atoms with Crippen molar-refractivity contribution in [2.75, 3.05) is 6.61 Å². The van der Waals surface area contributed by atoms with E-state index >= 15 is 0 Å². The first-order chi connectivity index (χ1) is 8.62. The highest BCUT2D eigenvalue weighted by Gasteiger charge is 2.51. The summed E-state index contributed by atoms with van der Waals surface area (Å²) in [4.78, 5) is 12.2. The molecule has 2 rings (SSSR count). The molecule has 3 nitrogen and oxygen atoms in total. The average Bonchev–Trinajstić information content (AvgIpc) is 3.18. The zero-order valence-corrected chi connectivity index (χ0v) is 10.4. The second kappa shape index (κ2) is 5.06. The van der Waals surface area contributed by atoms with Crippen LogP contribution >= 0.6 is 0 Å². The summed E-state index contributed by atoms with van der Waals surface area (Å²) in [5.41, 5.74) is 0.352. The highest BCUT2D eigenvalue weighted by molar-refractivity contribution is 5.91. The summed E-state index contributed by atoms with van der Waals surface area (Å²) in [6, 6.07) is 5.90. The molecule has 2 N–H and O–H groups in total. The molecule has 1 aliphatic carbocycles. The van der Waals surface area contributed by atoms with Gasteiger partial charge in [-0.2, -0.15) is 0 Å². The van der Waals surface area contributed by atoms with Gasteiger partial charge in [-0.05, 0) is 37.0 Å². The lowest BCUT2D eigenvalue weighted by molar-refractivity contribution is -0.124. The molecule has 0 heterocycles. The number of nitrogens with one attached hydrogen (secondary N) is 1. The van der Waals surface area contributed by atoms with Crippen LogP contribution in [0, 0.1) is 5.82 Å². The summed E-state index contributed by atoms with van der Waals surface area (Å²) < 4.78 is 12.9. The molecule has 0 saturated heterocycles. The topological polar surface area (TPSA) is 49.3 Å². The minimum Gasteiger partial charge on any atom is -0.394 e. The fourth-order valence-electron chi connectivity index (χ4n) is 2.14. The molecule has 0 aromatic heterocycles. The van der Waals surface area contributed by atoms with Gasteiger partial charge in [-0.1, -0.05) is 19.1 Å². The molecule has 1 fully saturated rings. The van der Waals surface area contributed by atoms with Gasteiger partial charge >= 0.3 is 0 Å². The molecule has 1 unspecified atom stereocenters. The van der Waals surface area contributed by atoms with Crippen LogP contribution in [-0.2, 0) is 10.2 Å². The van der Waals surface area contributed by atoms with Crippen molar-refractivity contribution in [3.8, 4) is 0 Å². The monoisotopic (exact) mass is 251 g/mol. The Morgan fingerprint density at radius 1 is 1.44 bits per heavy atom. The number of carbonyl (C=O) groups is 1. The van der Waals surface area contributed by atoms with E-state index < -0.39 is 5.41 Å². The number of aliphatic hydroxyl groups excluding tert-OH is 1. The first-order valence-corrected chi connectivity index (χ1v) is 6.30. The van der Waals surface area contributed by atoms with E-state index in [0.717, 1.165) is 18.4 Å². The minimum atomic E-state index is -0.504. The predicted octanol–water partition coefficient (Wildman–Crippen LogP) is 1.74. The number of halogens is 1. The molecule has 0 aliphatic heterocycles. The van der Waals surface area contributed by atoms with Gasteiger partial charge < -0.3 is 10.4 Å². The number of amides is 1. The van der Waals surface area contributed by atoms with Crippen molar-refractivity contribution >= 4 is 5.91 Å². The maximum Gasteiger partial charge on any atom is 0.230 e. The summed E-state index contributed by atoms with van der Waals surface area (Å²) >= 11 is 0. The van der Waals surface area contributed by atoms with E-state index in [1.54, 1.807) is 12.1 Å². The summed E-state index contributed by atoms with van der Waals surface area (Å²) in [7, 11) is 0. The van der Waals surface area contributed by atoms with Gasteiger partial charge in [0, 0.05) is 0 Å². The molecule has 1 atom stereocenters. The van der Waals surface area contributed by atoms with E-state index in [9.17, 15) is 9.18 Å². The number of benzene rings is 1. The average molecular weight is 251 g/mol. The number of hydrogen-bond acceptors (Lipinski definition) is 2. The van der Waals surface area contributed by atoms with E-state index in [1.165, 1.54) is 12.1 Å². The molecule has 1 saturated carbocycles. The maximum atomic E-state index is 12.9. The van der Waals surface area contributed by atoms with E-state index in [1.807, 2.05) is 6.92 Å². The van der Waals surface area contributed by atoms with Crippen LogP contribution in [0.25, 0.3) is 0 Å². The molecule has 98 valence electrons. The molecule has 1 aromatic carbocycles. The van der Waals surface area contributed by atoms with E-state index in [2.05, 4.69) is 5.32 Å². The van der Waals surface area contributed by atoms with Gasteiger partial charge in [-0.15, -0.1) is 0 Å². The van der Waals surface area contributed by atoms with Gasteiger partial charge in [-0.3, -0.25) is 4.79 Å². The van der Waals surface area contributed by atoms with Gasteiger partial charge in [0.25, 0.3) is 0 Å². The molecule has 1 aliphatic rings. The minimum absolute atomic E-state index is 0.0538. The fourth-order valence-corrected chi connectivity index (χ4v) is 2.14. The van der Waals surface area contributed by atoms with Crippen molar-refractivity contribution in [3.63, 3.8) is 0 Å². The zero-order chi connectivity index (χ0) is 13.2. The van der Waals surface area contributed by atoms with Crippen molar-refractivity contribution in [1.29, 1.82) is 0 Å². The molecule has 0 bridgehead atoms. The lowest BCUT2D eigenvalue weighted by Crippen LogP contribution is -2.43. The van der Waals surface area contributed by atoms with Crippen LogP contribution in [0.4, 0.5) is 4.39 Å². The van der Waals surface area contributed by atoms with Crippen LogP contribution in [0.1, 0.15) is 31.7 Å². The molecule has 0 spiro atoms. The Morgan fingerprint density at radius 3 is 2.50 bits per heavy atom. The Balaban J connectivity index is 2.11. The molecular weight excluding hydrogens is 233 g/mol. The molecule has 1 amide bonds. The first-order valence-electron chi connectivity index (χ1n) is 6.30. The summed E-state index contributed by atoms with van der Waals surface area (Å²) in [5.74, 6) is -0.355. The van der Waals surface area contributed by atoms with Gasteiger partial charge in [0.05, 0.1) is 18.1 Å². The fraction of sp³-hybridized carbons (Fsp3) is 0.500. The number of hydrogen-bond donors (Lipinski definition) is 2. The zero-order valence-electron chi connectivity index (χ0n) is 10.4. The van der Waals surface area contributed by atoms with Crippen LogP contribution in [0.5, 0.6) is 0 Å². The highest BCUT2D eigenvalue weighted by atomic mass is 19.1. The summed E-state index contributed by atoms with van der Waals surface area (Å²) in [5, 5.41) is 12.0. The smallest absolute Gasteiger partial charge is 0.230 e. The van der Waals surface area contributed by atoms with Gasteiger partial charge in [0.2, 0.25) is 5.91 Å². The van der Waals surface area contributed by atoms with Crippen molar-refractivity contribution < 1.29 is 14.3 Å². The highest BCUT2D eigenvalue weighted by Crippen LogP contribution is 2.48. The van der Waals surface area contributed by atoms with Crippen molar-refractivity contribution in [2.45, 2.75) is 37.6 Å². The lowest BCUT2D eigenvalue weighted by atomic mass is 9.94. The Bertz CT molecular complexity index is 422. The van der Waals surface area contributed by atoms with E-state index in [0.29, 0.717) is 6.42 Å². The maximum absolute atomic E-state index is 12.9. The second-order valence-corrected chi connectivity index (χ2v) is 4.85. The summed E-state index contributed by atoms with van der Waals surface area (Å²) in [6.45, 7) is 1.86. The van der Waals surface area contributed by atoms with Gasteiger partial charge in [-0.25, -0.2) is 4.39 Å². The van der Waals surface area contributed by atoms with Crippen LogP contribution in [-0.4, -0.2) is 23.7 Å². The van der Waals surface area contributed by atoms with Crippen LogP contribution in [0.3, 0.4) is 0 Å². The standard InChI is InChI=1S/C14H18FNO2/c1-2-12(9-17)16-13(18)14(7-8-14)10-3-5-11(15)6-4-10/h3-6,12,17H,2,7-9H2,1H3,(H,16,18). The third-order valence-corrected chi connectivity index (χ3v) is 3.63. The van der Waals surface area contributed by atoms with Crippen molar-refractivity contribution in [3.05, 3.63) is 35.6 Å². The number of carbonyl (C=O) groups excluding carboxylic acids is 1. The van der Waals surface area contributed by atoms with Crippen molar-refractivity contribution in [1.82, 2.24) is 5.32 Å². The van der Waals surface area contributed by atoms with E-state index in [4.69, 9.17) is 5.11 Å². The van der Waals surface area contributed by atoms with E-state index in [-0.39, 0.29) is 24.4 Å². The Morgan fingerprint density at radius 2 is 2.06 bits per heavy atom. The number of rotatable bonds is 5. The third-order valence-electron chi connectivity index (χ3n) is 3.63. The first kappa shape index (κ1) is 13.0. The van der Waals surface area contributed by atoms with Crippen molar-refractivity contribution in [2.24, 2.45) is 0 Å². The van der Waals surface area contributed by atoms with Gasteiger partial charge in [0.1, 0.15) is 5.82 Å². The lowest BCUT2D eigenvalue weighted by Gasteiger charge is -2.20. The molecule has 0 radical (unpaired) electrons. The Hall–Kier alpha value is -1.42. The van der Waals surface area contributed by atoms with Crippen LogP contribution in [0.2, 0.25) is 0 Å². The molecule has 1 aromatic rings. The largest absolute Gasteiger partial charge is 0.394 e.